The summed E-state index contributed by atoms with van der Waals surface area (Å²) in [4.78, 5) is 40.6. The van der Waals surface area contributed by atoms with E-state index in [2.05, 4.69) is 15.3 Å². The fourth-order valence-electron chi connectivity index (χ4n) is 4.06. The number of carbonyl (C=O) groups is 1. The Morgan fingerprint density at radius 1 is 1.06 bits per heavy atom. The quantitative estimate of drug-likeness (QED) is 0.404. The SMILES string of the molecule is O=C(NC1CCCCn2c1nc(-c1ccncc1)cc2=O)c1cccnc1Sc1ccc(Cl)cc1. The third kappa shape index (κ3) is 5.28. The number of halogens is 1. The van der Waals surface area contributed by atoms with Crippen molar-refractivity contribution in [2.24, 2.45) is 0 Å². The molecule has 1 aliphatic rings. The van der Waals surface area contributed by atoms with E-state index in [9.17, 15) is 9.59 Å². The van der Waals surface area contributed by atoms with Crippen LogP contribution in [0.2, 0.25) is 5.02 Å². The number of carbonyl (C=O) groups excluding carboxylic acids is 1. The van der Waals surface area contributed by atoms with Gasteiger partial charge in [0.15, 0.2) is 0 Å². The van der Waals surface area contributed by atoms with Crippen molar-refractivity contribution in [1.82, 2.24) is 24.8 Å². The van der Waals surface area contributed by atoms with E-state index in [0.29, 0.717) is 40.1 Å². The summed E-state index contributed by atoms with van der Waals surface area (Å²) in [5, 5.41) is 4.37. The van der Waals surface area contributed by atoms with Crippen molar-refractivity contribution >= 4 is 29.3 Å². The summed E-state index contributed by atoms with van der Waals surface area (Å²) in [6, 6.07) is 15.7. The Kier molecular flexibility index (Phi) is 6.92. The van der Waals surface area contributed by atoms with E-state index >= 15 is 0 Å². The first-order chi connectivity index (χ1) is 17.1. The van der Waals surface area contributed by atoms with Crippen LogP contribution in [0.4, 0.5) is 0 Å². The van der Waals surface area contributed by atoms with Gasteiger partial charge in [-0.2, -0.15) is 0 Å². The van der Waals surface area contributed by atoms with Crippen molar-refractivity contribution < 1.29 is 4.79 Å². The molecule has 7 nitrogen and oxygen atoms in total. The molecule has 35 heavy (non-hydrogen) atoms. The van der Waals surface area contributed by atoms with Crippen LogP contribution in [-0.2, 0) is 6.54 Å². The lowest BCUT2D eigenvalue weighted by Crippen LogP contribution is -2.34. The highest BCUT2D eigenvalue weighted by Crippen LogP contribution is 2.30. The van der Waals surface area contributed by atoms with Crippen LogP contribution in [0.3, 0.4) is 0 Å². The van der Waals surface area contributed by atoms with Crippen LogP contribution in [0.1, 0.15) is 41.5 Å². The maximum absolute atomic E-state index is 13.4. The zero-order valence-corrected chi connectivity index (χ0v) is 20.3. The van der Waals surface area contributed by atoms with Gasteiger partial charge < -0.3 is 5.32 Å². The smallest absolute Gasteiger partial charge is 0.254 e. The molecule has 5 rings (SSSR count). The van der Waals surface area contributed by atoms with Crippen molar-refractivity contribution in [2.75, 3.05) is 0 Å². The van der Waals surface area contributed by atoms with Gasteiger partial charge in [0, 0.05) is 46.7 Å². The molecular weight excluding hydrogens is 482 g/mol. The Hall–Kier alpha value is -3.49. The van der Waals surface area contributed by atoms with Crippen LogP contribution in [-0.4, -0.2) is 25.4 Å². The molecule has 1 aromatic carbocycles. The molecule has 1 amide bonds. The molecule has 4 heterocycles. The van der Waals surface area contributed by atoms with E-state index in [1.807, 2.05) is 24.3 Å². The third-order valence-electron chi connectivity index (χ3n) is 5.80. The van der Waals surface area contributed by atoms with Crippen molar-refractivity contribution in [1.29, 1.82) is 0 Å². The fourth-order valence-corrected chi connectivity index (χ4v) is 5.07. The normalized spacial score (nSPS) is 15.2. The molecule has 0 bridgehead atoms. The summed E-state index contributed by atoms with van der Waals surface area (Å²) in [6.07, 6.45) is 7.41. The highest BCUT2D eigenvalue weighted by atomic mass is 35.5. The molecule has 9 heteroatoms. The second-order valence-corrected chi connectivity index (χ2v) is 9.66. The van der Waals surface area contributed by atoms with Gasteiger partial charge in [-0.25, -0.2) is 9.97 Å². The van der Waals surface area contributed by atoms with Crippen LogP contribution in [0.5, 0.6) is 0 Å². The Balaban J connectivity index is 1.45. The standard InChI is InChI=1S/C26H22ClN5O2S/c27-18-6-8-19(9-7-18)35-26-20(4-3-12-29-26)25(34)31-21-5-1-2-15-32-23(33)16-22(30-24(21)32)17-10-13-28-14-11-17/h3-4,6-14,16,21H,1-2,5,15H2,(H,31,34). The average molecular weight is 504 g/mol. The molecule has 0 fully saturated rings. The van der Waals surface area contributed by atoms with E-state index in [1.54, 1.807) is 53.5 Å². The number of benzene rings is 1. The molecule has 1 atom stereocenters. The number of aromatic nitrogens is 4. The molecule has 1 unspecified atom stereocenters. The summed E-state index contributed by atoms with van der Waals surface area (Å²) in [5.74, 6) is 0.322. The number of rotatable bonds is 5. The van der Waals surface area contributed by atoms with Gasteiger partial charge in [-0.05, 0) is 67.8 Å². The van der Waals surface area contributed by atoms with Crippen LogP contribution < -0.4 is 10.9 Å². The van der Waals surface area contributed by atoms with Gasteiger partial charge in [0.25, 0.3) is 11.5 Å². The van der Waals surface area contributed by atoms with Gasteiger partial charge in [-0.15, -0.1) is 0 Å². The molecule has 1 aliphatic heterocycles. The highest BCUT2D eigenvalue weighted by molar-refractivity contribution is 7.99. The number of nitrogens with one attached hydrogen (secondary N) is 1. The molecular formula is C26H22ClN5O2S. The Morgan fingerprint density at radius 3 is 2.66 bits per heavy atom. The first kappa shape index (κ1) is 23.3. The molecule has 0 saturated heterocycles. The Labute approximate surface area is 211 Å². The van der Waals surface area contributed by atoms with Crippen molar-refractivity contribution in [2.45, 2.75) is 41.8 Å². The first-order valence-corrected chi connectivity index (χ1v) is 12.5. The number of amides is 1. The van der Waals surface area contributed by atoms with Gasteiger partial charge in [-0.3, -0.25) is 19.1 Å². The molecule has 3 aromatic heterocycles. The topological polar surface area (TPSA) is 89.8 Å². The summed E-state index contributed by atoms with van der Waals surface area (Å²) >= 11 is 7.40. The molecule has 0 radical (unpaired) electrons. The number of fused-ring (bicyclic) bond motifs is 1. The van der Waals surface area contributed by atoms with Gasteiger partial charge >= 0.3 is 0 Å². The predicted molar refractivity (Wildman–Crippen MR) is 136 cm³/mol. The number of hydrogen-bond acceptors (Lipinski definition) is 6. The van der Waals surface area contributed by atoms with E-state index in [4.69, 9.17) is 16.6 Å². The minimum absolute atomic E-state index is 0.122. The molecule has 176 valence electrons. The van der Waals surface area contributed by atoms with Gasteiger partial charge in [0.2, 0.25) is 0 Å². The Morgan fingerprint density at radius 2 is 1.86 bits per heavy atom. The highest BCUT2D eigenvalue weighted by Gasteiger charge is 2.25. The molecule has 0 aliphatic carbocycles. The van der Waals surface area contributed by atoms with E-state index in [-0.39, 0.29) is 11.5 Å². The Bertz CT molecular complexity index is 1410. The number of hydrogen-bond donors (Lipinski definition) is 1. The first-order valence-electron chi connectivity index (χ1n) is 11.3. The number of nitrogens with zero attached hydrogens (tertiary/aromatic N) is 4. The summed E-state index contributed by atoms with van der Waals surface area (Å²) < 4.78 is 1.68. The van der Waals surface area contributed by atoms with E-state index in [0.717, 1.165) is 23.3 Å². The maximum Gasteiger partial charge on any atom is 0.254 e. The maximum atomic E-state index is 13.4. The summed E-state index contributed by atoms with van der Waals surface area (Å²) in [7, 11) is 0. The zero-order valence-electron chi connectivity index (χ0n) is 18.7. The lowest BCUT2D eigenvalue weighted by molar-refractivity contribution is 0.0928. The lowest BCUT2D eigenvalue weighted by atomic mass is 10.1. The second kappa shape index (κ2) is 10.4. The minimum Gasteiger partial charge on any atom is -0.342 e. The number of pyridine rings is 2. The fraction of sp³-hybridized carbons (Fsp3) is 0.192. The average Bonchev–Trinajstić information content (AvgIpc) is 3.09. The second-order valence-electron chi connectivity index (χ2n) is 8.16. The summed E-state index contributed by atoms with van der Waals surface area (Å²) in [6.45, 7) is 0.578. The third-order valence-corrected chi connectivity index (χ3v) is 7.08. The van der Waals surface area contributed by atoms with E-state index < -0.39 is 6.04 Å². The van der Waals surface area contributed by atoms with Crippen molar-refractivity contribution in [3.05, 3.63) is 100.0 Å². The molecule has 4 aromatic rings. The zero-order chi connectivity index (χ0) is 24.2. The van der Waals surface area contributed by atoms with Crippen molar-refractivity contribution in [3.63, 3.8) is 0 Å². The van der Waals surface area contributed by atoms with Gasteiger partial charge in [-0.1, -0.05) is 23.4 Å². The molecule has 0 saturated carbocycles. The van der Waals surface area contributed by atoms with Crippen LogP contribution in [0.25, 0.3) is 11.3 Å². The minimum atomic E-state index is -0.395. The monoisotopic (exact) mass is 503 g/mol. The van der Waals surface area contributed by atoms with E-state index in [1.165, 1.54) is 11.8 Å². The van der Waals surface area contributed by atoms with Gasteiger partial charge in [0.1, 0.15) is 10.9 Å². The van der Waals surface area contributed by atoms with Crippen molar-refractivity contribution in [3.8, 4) is 11.3 Å². The van der Waals surface area contributed by atoms with Crippen LogP contribution in [0, 0.1) is 0 Å². The van der Waals surface area contributed by atoms with Gasteiger partial charge in [0.05, 0.1) is 17.3 Å². The predicted octanol–water partition coefficient (Wildman–Crippen LogP) is 5.16. The molecule has 1 N–H and O–H groups in total. The lowest BCUT2D eigenvalue weighted by Gasteiger charge is -2.20. The largest absolute Gasteiger partial charge is 0.342 e. The van der Waals surface area contributed by atoms with Crippen LogP contribution >= 0.6 is 23.4 Å². The van der Waals surface area contributed by atoms with Crippen LogP contribution in [0.15, 0.2) is 87.9 Å². The summed E-state index contributed by atoms with van der Waals surface area (Å²) in [5.41, 5.74) is 1.73. The molecule has 0 spiro atoms.